The summed E-state index contributed by atoms with van der Waals surface area (Å²) in [6, 6.07) is 0. The quantitative estimate of drug-likeness (QED) is 0.420. The van der Waals surface area contributed by atoms with E-state index in [0.29, 0.717) is 0 Å². The lowest BCUT2D eigenvalue weighted by molar-refractivity contribution is 0.901. The van der Waals surface area contributed by atoms with Crippen LogP contribution >= 0.6 is 24.4 Å². The first-order valence-electron chi connectivity index (χ1n) is 3.52. The molecule has 1 heterocycles. The molecule has 62 valence electrons. The topological polar surface area (TPSA) is 41.6 Å². The minimum absolute atomic E-state index is 0.907. The van der Waals surface area contributed by atoms with Crippen LogP contribution in [0.1, 0.15) is 12.8 Å². The summed E-state index contributed by atoms with van der Waals surface area (Å²) in [6.45, 7) is 0. The maximum absolute atomic E-state index is 4.12. The van der Waals surface area contributed by atoms with Gasteiger partial charge in [-0.25, -0.2) is 4.98 Å². The van der Waals surface area contributed by atoms with E-state index in [4.69, 9.17) is 0 Å². The first-order chi connectivity index (χ1) is 5.43. The van der Waals surface area contributed by atoms with Gasteiger partial charge < -0.3 is 0 Å². The van der Waals surface area contributed by atoms with Crippen LogP contribution in [-0.2, 0) is 0 Å². The molecule has 1 aromatic heterocycles. The molecule has 0 radical (unpaired) electrons. The zero-order chi connectivity index (χ0) is 7.94. The predicted octanol–water partition coefficient (Wildman–Crippen LogP) is 1.61. The van der Waals surface area contributed by atoms with Crippen molar-refractivity contribution in [2.45, 2.75) is 18.0 Å². The van der Waals surface area contributed by atoms with Crippen molar-refractivity contribution in [1.82, 2.24) is 15.2 Å². The van der Waals surface area contributed by atoms with Crippen LogP contribution < -0.4 is 0 Å². The molecule has 1 N–H and O–H groups in total. The molecular formula is C6H11N3S2. The Labute approximate surface area is 75.8 Å². The van der Waals surface area contributed by atoms with Crippen LogP contribution in [-0.4, -0.2) is 26.7 Å². The van der Waals surface area contributed by atoms with Crippen molar-refractivity contribution in [3.05, 3.63) is 6.33 Å². The zero-order valence-electron chi connectivity index (χ0n) is 6.16. The van der Waals surface area contributed by atoms with Crippen LogP contribution in [0.25, 0.3) is 0 Å². The second kappa shape index (κ2) is 5.49. The minimum atomic E-state index is 0.907. The van der Waals surface area contributed by atoms with E-state index in [1.807, 2.05) is 0 Å². The smallest absolute Gasteiger partial charge is 0.183 e. The number of aromatic nitrogens is 3. The number of hydrogen-bond donors (Lipinski definition) is 2. The second-order valence-corrected chi connectivity index (χ2v) is 3.60. The molecule has 0 aliphatic rings. The van der Waals surface area contributed by atoms with E-state index in [-0.39, 0.29) is 0 Å². The Morgan fingerprint density at radius 1 is 1.55 bits per heavy atom. The third-order valence-electron chi connectivity index (χ3n) is 1.18. The Morgan fingerprint density at radius 2 is 2.45 bits per heavy atom. The fourth-order valence-electron chi connectivity index (χ4n) is 0.647. The number of thiol groups is 1. The molecule has 0 aliphatic carbocycles. The molecule has 0 atom stereocenters. The molecule has 3 nitrogen and oxygen atoms in total. The second-order valence-electron chi connectivity index (χ2n) is 2.07. The molecule has 0 saturated carbocycles. The number of rotatable bonds is 5. The molecule has 0 unspecified atom stereocenters. The van der Waals surface area contributed by atoms with Gasteiger partial charge in [0.15, 0.2) is 5.16 Å². The molecule has 0 saturated heterocycles. The highest BCUT2D eigenvalue weighted by atomic mass is 32.2. The van der Waals surface area contributed by atoms with Gasteiger partial charge in [0.05, 0.1) is 0 Å². The first kappa shape index (κ1) is 8.93. The Kier molecular flexibility index (Phi) is 4.45. The van der Waals surface area contributed by atoms with Gasteiger partial charge in [-0.15, -0.1) is 0 Å². The predicted molar refractivity (Wildman–Crippen MR) is 50.2 cm³/mol. The van der Waals surface area contributed by atoms with Crippen LogP contribution in [0.4, 0.5) is 0 Å². The minimum Gasteiger partial charge on any atom is -0.254 e. The number of hydrogen-bond acceptors (Lipinski definition) is 4. The zero-order valence-corrected chi connectivity index (χ0v) is 7.87. The Balaban J connectivity index is 2.04. The van der Waals surface area contributed by atoms with Gasteiger partial charge in [-0.05, 0) is 18.6 Å². The lowest BCUT2D eigenvalue weighted by Gasteiger charge is -1.94. The van der Waals surface area contributed by atoms with E-state index in [1.165, 1.54) is 19.2 Å². The van der Waals surface area contributed by atoms with Crippen LogP contribution in [0.15, 0.2) is 11.5 Å². The maximum atomic E-state index is 4.12. The summed E-state index contributed by atoms with van der Waals surface area (Å²) in [4.78, 5) is 3.99. The van der Waals surface area contributed by atoms with Gasteiger partial charge in [-0.1, -0.05) is 11.8 Å². The van der Waals surface area contributed by atoms with Gasteiger partial charge in [0.2, 0.25) is 0 Å². The fourth-order valence-corrected chi connectivity index (χ4v) is 1.65. The van der Waals surface area contributed by atoms with Gasteiger partial charge in [0, 0.05) is 5.75 Å². The Morgan fingerprint density at radius 3 is 3.09 bits per heavy atom. The van der Waals surface area contributed by atoms with Gasteiger partial charge in [0.1, 0.15) is 6.33 Å². The first-order valence-corrected chi connectivity index (χ1v) is 5.14. The summed E-state index contributed by atoms with van der Waals surface area (Å²) in [5.74, 6) is 2.06. The molecule has 0 fully saturated rings. The average molecular weight is 189 g/mol. The maximum Gasteiger partial charge on any atom is 0.183 e. The van der Waals surface area contributed by atoms with Crippen molar-refractivity contribution in [2.24, 2.45) is 0 Å². The third kappa shape index (κ3) is 3.67. The normalized spacial score (nSPS) is 10.3. The van der Waals surface area contributed by atoms with Crippen LogP contribution in [0.3, 0.4) is 0 Å². The highest BCUT2D eigenvalue weighted by molar-refractivity contribution is 7.99. The van der Waals surface area contributed by atoms with Crippen molar-refractivity contribution < 1.29 is 0 Å². The number of thioether (sulfide) groups is 1. The standard InChI is InChI=1S/C6H11N3S2/c10-3-1-2-4-11-6-7-5-8-9-6/h5,10H,1-4H2,(H,7,8,9). The summed E-state index contributed by atoms with van der Waals surface area (Å²) in [6.07, 6.45) is 3.89. The van der Waals surface area contributed by atoms with Crippen molar-refractivity contribution in [3.8, 4) is 0 Å². The molecule has 1 aromatic rings. The summed E-state index contributed by atoms with van der Waals surface area (Å²) in [5, 5.41) is 7.45. The van der Waals surface area contributed by atoms with Crippen molar-refractivity contribution >= 4 is 24.4 Å². The van der Waals surface area contributed by atoms with E-state index in [9.17, 15) is 0 Å². The van der Waals surface area contributed by atoms with Crippen LogP contribution in [0.5, 0.6) is 0 Å². The van der Waals surface area contributed by atoms with Crippen LogP contribution in [0, 0.1) is 0 Å². The largest absolute Gasteiger partial charge is 0.254 e. The summed E-state index contributed by atoms with van der Waals surface area (Å²) >= 11 is 5.83. The number of aromatic amines is 1. The van der Waals surface area contributed by atoms with E-state index in [0.717, 1.165) is 16.7 Å². The molecule has 11 heavy (non-hydrogen) atoms. The van der Waals surface area contributed by atoms with Crippen molar-refractivity contribution in [2.75, 3.05) is 11.5 Å². The molecule has 0 bridgehead atoms. The van der Waals surface area contributed by atoms with E-state index >= 15 is 0 Å². The van der Waals surface area contributed by atoms with Crippen molar-refractivity contribution in [1.29, 1.82) is 0 Å². The number of H-pyrrole nitrogens is 1. The molecule has 0 amide bonds. The fraction of sp³-hybridized carbons (Fsp3) is 0.667. The number of unbranched alkanes of at least 4 members (excludes halogenated alkanes) is 1. The van der Waals surface area contributed by atoms with E-state index < -0.39 is 0 Å². The lowest BCUT2D eigenvalue weighted by Crippen LogP contribution is -1.83. The highest BCUT2D eigenvalue weighted by Gasteiger charge is 1.94. The molecule has 0 aliphatic heterocycles. The van der Waals surface area contributed by atoms with Crippen LogP contribution in [0.2, 0.25) is 0 Å². The van der Waals surface area contributed by atoms with Crippen molar-refractivity contribution in [3.63, 3.8) is 0 Å². The lowest BCUT2D eigenvalue weighted by atomic mass is 10.4. The molecule has 0 spiro atoms. The number of nitrogens with one attached hydrogen (secondary N) is 1. The summed E-state index contributed by atoms with van der Waals surface area (Å²) in [5.41, 5.74) is 0. The number of nitrogens with zero attached hydrogens (tertiary/aromatic N) is 2. The van der Waals surface area contributed by atoms with Gasteiger partial charge in [-0.2, -0.15) is 17.7 Å². The SMILES string of the molecule is SCCCCSc1ncn[nH]1. The highest BCUT2D eigenvalue weighted by Crippen LogP contribution is 2.12. The molecular weight excluding hydrogens is 178 g/mol. The van der Waals surface area contributed by atoms with E-state index in [2.05, 4.69) is 27.8 Å². The molecule has 0 aromatic carbocycles. The van der Waals surface area contributed by atoms with Gasteiger partial charge in [0.25, 0.3) is 0 Å². The Hall–Kier alpha value is -0.160. The Bertz CT molecular complexity index is 176. The summed E-state index contributed by atoms with van der Waals surface area (Å²) in [7, 11) is 0. The van der Waals surface area contributed by atoms with Gasteiger partial charge in [-0.3, -0.25) is 5.10 Å². The van der Waals surface area contributed by atoms with E-state index in [1.54, 1.807) is 11.8 Å². The third-order valence-corrected chi connectivity index (χ3v) is 2.46. The monoisotopic (exact) mass is 189 g/mol. The molecule has 1 rings (SSSR count). The summed E-state index contributed by atoms with van der Waals surface area (Å²) < 4.78 is 0. The average Bonchev–Trinajstić information content (AvgIpc) is 2.50. The van der Waals surface area contributed by atoms with Gasteiger partial charge >= 0.3 is 0 Å². The molecule has 5 heteroatoms.